The highest BCUT2D eigenvalue weighted by atomic mass is 16.5. The lowest BCUT2D eigenvalue weighted by Gasteiger charge is -2.22. The lowest BCUT2D eigenvalue weighted by molar-refractivity contribution is -0.143. The van der Waals surface area contributed by atoms with Crippen molar-refractivity contribution in [3.8, 4) is 0 Å². The Bertz CT molecular complexity index is 1410. The molecule has 514 valence electrons. The van der Waals surface area contributed by atoms with Gasteiger partial charge in [-0.25, -0.2) is 0 Å². The molecule has 1 amide bonds. The molecule has 0 aliphatic heterocycles. The van der Waals surface area contributed by atoms with Crippen LogP contribution < -0.4 is 5.32 Å². The van der Waals surface area contributed by atoms with Crippen molar-refractivity contribution >= 4 is 11.9 Å². The Morgan fingerprint density at radius 2 is 0.575 bits per heavy atom. The molecule has 0 aliphatic rings. The Kier molecular flexibility index (Phi) is 74.8. The predicted octanol–water partition coefficient (Wildman–Crippen LogP) is 26.2. The summed E-state index contributed by atoms with van der Waals surface area (Å²) in [6, 6.07) is -0.543. The van der Waals surface area contributed by atoms with Gasteiger partial charge in [-0.3, -0.25) is 9.59 Å². The number of allylic oxidation sites excluding steroid dienone is 6. The van der Waals surface area contributed by atoms with Gasteiger partial charge in [-0.05, 0) is 83.5 Å². The third-order valence-corrected chi connectivity index (χ3v) is 18.7. The number of rotatable bonds is 75. The Morgan fingerprint density at radius 3 is 0.897 bits per heavy atom. The fraction of sp³-hybridized carbons (Fsp3) is 0.901. The summed E-state index contributed by atoms with van der Waals surface area (Å²) in [5.74, 6) is -0.0203. The van der Waals surface area contributed by atoms with Crippen molar-refractivity contribution in [3.05, 3.63) is 36.5 Å². The lowest BCUT2D eigenvalue weighted by atomic mass is 10.0. The van der Waals surface area contributed by atoms with Crippen LogP contribution in [0.4, 0.5) is 0 Å². The van der Waals surface area contributed by atoms with Crippen LogP contribution in [0.15, 0.2) is 36.5 Å². The van der Waals surface area contributed by atoms with Crippen LogP contribution in [0.5, 0.6) is 0 Å². The lowest BCUT2D eigenvalue weighted by Crippen LogP contribution is -2.45. The molecule has 0 saturated heterocycles. The Balaban J connectivity index is 3.38. The number of esters is 1. The molecule has 0 fully saturated rings. The third-order valence-electron chi connectivity index (χ3n) is 18.7. The molecule has 0 bridgehead atoms. The van der Waals surface area contributed by atoms with Gasteiger partial charge < -0.3 is 20.3 Å². The molecule has 0 rings (SSSR count). The van der Waals surface area contributed by atoms with Crippen molar-refractivity contribution in [3.63, 3.8) is 0 Å². The van der Waals surface area contributed by atoms with Crippen LogP contribution in [0.2, 0.25) is 0 Å². The molecule has 2 unspecified atom stereocenters. The van der Waals surface area contributed by atoms with Gasteiger partial charge in [-0.1, -0.05) is 384 Å². The van der Waals surface area contributed by atoms with Gasteiger partial charge in [0.05, 0.1) is 25.4 Å². The molecule has 0 aromatic rings. The molecular formula is C81H155NO5. The average Bonchev–Trinajstić information content (AvgIpc) is 3.53. The van der Waals surface area contributed by atoms with Crippen molar-refractivity contribution in [2.24, 2.45) is 0 Å². The van der Waals surface area contributed by atoms with E-state index in [-0.39, 0.29) is 18.5 Å². The first-order valence-corrected chi connectivity index (χ1v) is 39.7. The fourth-order valence-corrected chi connectivity index (χ4v) is 12.6. The molecule has 0 heterocycles. The van der Waals surface area contributed by atoms with E-state index in [9.17, 15) is 19.8 Å². The van der Waals surface area contributed by atoms with E-state index in [1.807, 2.05) is 0 Å². The van der Waals surface area contributed by atoms with Gasteiger partial charge in [0.2, 0.25) is 5.91 Å². The predicted molar refractivity (Wildman–Crippen MR) is 384 cm³/mol. The van der Waals surface area contributed by atoms with Crippen molar-refractivity contribution in [1.82, 2.24) is 5.32 Å². The molecule has 87 heavy (non-hydrogen) atoms. The van der Waals surface area contributed by atoms with Crippen LogP contribution in [0, 0.1) is 0 Å². The van der Waals surface area contributed by atoms with Crippen LogP contribution >= 0.6 is 0 Å². The molecule has 0 aromatic heterocycles. The Morgan fingerprint density at radius 1 is 0.322 bits per heavy atom. The van der Waals surface area contributed by atoms with Crippen molar-refractivity contribution in [2.45, 2.75) is 456 Å². The maximum atomic E-state index is 12.6. The largest absolute Gasteiger partial charge is 0.466 e. The van der Waals surface area contributed by atoms with E-state index in [0.29, 0.717) is 25.9 Å². The maximum absolute atomic E-state index is 12.6. The van der Waals surface area contributed by atoms with Gasteiger partial charge in [0, 0.05) is 12.8 Å². The number of carbonyl (C=O) groups is 2. The summed E-state index contributed by atoms with van der Waals surface area (Å²) < 4.78 is 5.51. The highest BCUT2D eigenvalue weighted by molar-refractivity contribution is 5.76. The first kappa shape index (κ1) is 85.1. The minimum Gasteiger partial charge on any atom is -0.466 e. The first-order chi connectivity index (χ1) is 43.0. The second-order valence-corrected chi connectivity index (χ2v) is 27.4. The molecule has 0 aromatic carbocycles. The smallest absolute Gasteiger partial charge is 0.305 e. The number of aliphatic hydroxyl groups is 2. The van der Waals surface area contributed by atoms with E-state index in [4.69, 9.17) is 4.74 Å². The normalized spacial score (nSPS) is 12.6. The summed E-state index contributed by atoms with van der Waals surface area (Å²) in [5, 5.41) is 23.5. The van der Waals surface area contributed by atoms with E-state index in [1.54, 1.807) is 0 Å². The topological polar surface area (TPSA) is 95.9 Å². The monoisotopic (exact) mass is 1220 g/mol. The summed E-state index contributed by atoms with van der Waals surface area (Å²) in [5.41, 5.74) is 0. The summed E-state index contributed by atoms with van der Waals surface area (Å²) in [4.78, 5) is 24.7. The molecule has 6 heteroatoms. The molecule has 0 radical (unpaired) electrons. The highest BCUT2D eigenvalue weighted by Gasteiger charge is 2.20. The van der Waals surface area contributed by atoms with Gasteiger partial charge in [0.25, 0.3) is 0 Å². The molecule has 3 N–H and O–H groups in total. The number of hydrogen-bond acceptors (Lipinski definition) is 5. The van der Waals surface area contributed by atoms with Crippen LogP contribution in [0.25, 0.3) is 0 Å². The van der Waals surface area contributed by atoms with Crippen LogP contribution in [-0.2, 0) is 14.3 Å². The Labute approximate surface area is 544 Å². The van der Waals surface area contributed by atoms with Crippen molar-refractivity contribution in [1.29, 1.82) is 0 Å². The number of carbonyl (C=O) groups excluding carboxylic acids is 2. The van der Waals surface area contributed by atoms with Gasteiger partial charge in [0.1, 0.15) is 0 Å². The molecule has 0 aliphatic carbocycles. The maximum Gasteiger partial charge on any atom is 0.305 e. The minimum absolute atomic E-state index is 0.00941. The van der Waals surface area contributed by atoms with Gasteiger partial charge in [-0.15, -0.1) is 0 Å². The van der Waals surface area contributed by atoms with E-state index in [0.717, 1.165) is 51.4 Å². The van der Waals surface area contributed by atoms with Crippen molar-refractivity contribution < 1.29 is 24.5 Å². The summed E-state index contributed by atoms with van der Waals surface area (Å²) in [6.07, 6.45) is 99.4. The van der Waals surface area contributed by atoms with Gasteiger partial charge >= 0.3 is 5.97 Å². The van der Waals surface area contributed by atoms with Gasteiger partial charge in [-0.2, -0.15) is 0 Å². The second kappa shape index (κ2) is 76.5. The third kappa shape index (κ3) is 73.0. The van der Waals surface area contributed by atoms with Gasteiger partial charge in [0.15, 0.2) is 0 Å². The standard InChI is InChI=1S/C81H155NO5/c1-3-5-7-9-11-13-15-17-19-21-23-24-25-32-35-38-41-45-49-53-57-61-65-69-73-79(84)78(77-83)82-80(85)74-70-66-62-58-54-50-46-42-39-36-33-30-28-26-27-29-31-34-37-40-44-48-52-56-60-64-68-72-76-87-81(86)75-71-67-63-59-55-51-47-43-22-20-18-16-14-12-10-8-6-4-2/h14,16,20,22,26-27,78-79,83-84H,3-13,15,17-19,21,23-25,28-77H2,1-2H3,(H,82,85)/b16-14-,22-20-,27-26-. The average molecular weight is 1220 g/mol. The SMILES string of the molecule is CCCCCC/C=C\C/C=C\CCCCCCCCCC(=O)OCCCCCCCCCCCCCC/C=C\CCCCCCCCCCCCCCC(=O)NC(CO)C(O)CCCCCCCCCCCCCCCCCCCCCCCCCC. The van der Waals surface area contributed by atoms with Crippen LogP contribution in [0.1, 0.15) is 444 Å². The number of nitrogens with one attached hydrogen (secondary N) is 1. The molecule has 0 saturated carbocycles. The van der Waals surface area contributed by atoms with E-state index < -0.39 is 12.1 Å². The molecular weight excluding hydrogens is 1070 g/mol. The van der Waals surface area contributed by atoms with E-state index in [2.05, 4.69) is 55.6 Å². The number of aliphatic hydroxyl groups excluding tert-OH is 2. The van der Waals surface area contributed by atoms with Crippen LogP contribution in [0.3, 0.4) is 0 Å². The summed E-state index contributed by atoms with van der Waals surface area (Å²) in [6.45, 7) is 4.98. The number of hydrogen-bond donors (Lipinski definition) is 3. The number of ether oxygens (including phenoxy) is 1. The molecule has 2 atom stereocenters. The fourth-order valence-electron chi connectivity index (χ4n) is 12.6. The zero-order chi connectivity index (χ0) is 62.8. The summed E-state index contributed by atoms with van der Waals surface area (Å²) >= 11 is 0. The zero-order valence-electron chi connectivity index (χ0n) is 59.0. The second-order valence-electron chi connectivity index (χ2n) is 27.4. The first-order valence-electron chi connectivity index (χ1n) is 39.7. The number of amides is 1. The zero-order valence-corrected chi connectivity index (χ0v) is 59.0. The number of unbranched alkanes of at least 4 members (excludes halogenated alkanes) is 58. The molecule has 0 spiro atoms. The van der Waals surface area contributed by atoms with Crippen molar-refractivity contribution in [2.75, 3.05) is 13.2 Å². The molecule has 6 nitrogen and oxygen atoms in total. The van der Waals surface area contributed by atoms with E-state index in [1.165, 1.54) is 360 Å². The quantitative estimate of drug-likeness (QED) is 0.0320. The summed E-state index contributed by atoms with van der Waals surface area (Å²) in [7, 11) is 0. The highest BCUT2D eigenvalue weighted by Crippen LogP contribution is 2.20. The Hall–Kier alpha value is -1.92. The van der Waals surface area contributed by atoms with E-state index >= 15 is 0 Å². The minimum atomic E-state index is -0.666. The van der Waals surface area contributed by atoms with Crippen LogP contribution in [-0.4, -0.2) is 47.4 Å².